The standard InChI is InChI=1S/C18H20O/c1-3-18(19)13-14(2)15-9-11-17(12-10-15)16-7-5-4-6-8-16/h4-12,14H,3,13H2,1-2H3/t14-/m1/s1. The first-order valence-corrected chi connectivity index (χ1v) is 6.87. The van der Waals surface area contributed by atoms with Crippen molar-refractivity contribution in [2.24, 2.45) is 0 Å². The quantitative estimate of drug-likeness (QED) is 0.745. The molecule has 0 bridgehead atoms. The zero-order valence-electron chi connectivity index (χ0n) is 11.6. The molecule has 0 aliphatic heterocycles. The third-order valence-electron chi connectivity index (χ3n) is 3.52. The van der Waals surface area contributed by atoms with E-state index in [0.717, 1.165) is 0 Å². The van der Waals surface area contributed by atoms with Crippen LogP contribution in [0.5, 0.6) is 0 Å². The SMILES string of the molecule is CCC(=O)C[C@@H](C)c1ccc(-c2ccccc2)cc1. The highest BCUT2D eigenvalue weighted by molar-refractivity contribution is 5.78. The molecule has 0 fully saturated rings. The summed E-state index contributed by atoms with van der Waals surface area (Å²) in [7, 11) is 0. The first-order chi connectivity index (χ1) is 9.20. The third kappa shape index (κ3) is 3.54. The van der Waals surface area contributed by atoms with Gasteiger partial charge in [-0.25, -0.2) is 0 Å². The number of ketones is 1. The second-order valence-corrected chi connectivity index (χ2v) is 4.99. The minimum absolute atomic E-state index is 0.303. The Bertz CT molecular complexity index is 525. The molecule has 2 rings (SSSR count). The molecule has 0 N–H and O–H groups in total. The highest BCUT2D eigenvalue weighted by Gasteiger charge is 2.09. The normalized spacial score (nSPS) is 12.1. The molecule has 0 saturated heterocycles. The number of rotatable bonds is 5. The van der Waals surface area contributed by atoms with Crippen molar-refractivity contribution in [3.05, 3.63) is 60.2 Å². The number of carbonyl (C=O) groups is 1. The maximum absolute atomic E-state index is 11.5. The molecule has 0 aliphatic rings. The lowest BCUT2D eigenvalue weighted by Crippen LogP contribution is -2.02. The number of carbonyl (C=O) groups excluding carboxylic acids is 1. The molecule has 0 aliphatic carbocycles. The van der Waals surface area contributed by atoms with Crippen molar-refractivity contribution < 1.29 is 4.79 Å². The Balaban J connectivity index is 2.12. The van der Waals surface area contributed by atoms with Crippen LogP contribution in [0.2, 0.25) is 0 Å². The number of hydrogen-bond acceptors (Lipinski definition) is 1. The van der Waals surface area contributed by atoms with E-state index in [1.165, 1.54) is 16.7 Å². The Morgan fingerprint density at radius 1 is 0.947 bits per heavy atom. The van der Waals surface area contributed by atoms with Crippen molar-refractivity contribution >= 4 is 5.78 Å². The highest BCUT2D eigenvalue weighted by Crippen LogP contribution is 2.24. The van der Waals surface area contributed by atoms with Crippen LogP contribution in [-0.4, -0.2) is 5.78 Å². The van der Waals surface area contributed by atoms with E-state index in [1.54, 1.807) is 0 Å². The summed E-state index contributed by atoms with van der Waals surface area (Å²) < 4.78 is 0. The molecule has 1 atom stereocenters. The van der Waals surface area contributed by atoms with Crippen LogP contribution in [0.25, 0.3) is 11.1 Å². The maximum atomic E-state index is 11.5. The molecule has 0 aromatic heterocycles. The predicted molar refractivity (Wildman–Crippen MR) is 80.2 cm³/mol. The van der Waals surface area contributed by atoms with E-state index >= 15 is 0 Å². The van der Waals surface area contributed by atoms with Gasteiger partial charge in [0.2, 0.25) is 0 Å². The Labute approximate surface area is 115 Å². The van der Waals surface area contributed by atoms with Crippen LogP contribution in [0, 0.1) is 0 Å². The van der Waals surface area contributed by atoms with Gasteiger partial charge in [-0.1, -0.05) is 68.4 Å². The van der Waals surface area contributed by atoms with Gasteiger partial charge in [0.15, 0.2) is 0 Å². The van der Waals surface area contributed by atoms with Gasteiger partial charge in [-0.05, 0) is 22.6 Å². The van der Waals surface area contributed by atoms with Crippen molar-refractivity contribution in [3.8, 4) is 11.1 Å². The number of Topliss-reactive ketones (excluding diaryl/α,β-unsaturated/α-hetero) is 1. The molecule has 0 spiro atoms. The van der Waals surface area contributed by atoms with Gasteiger partial charge in [-0.3, -0.25) is 4.79 Å². The lowest BCUT2D eigenvalue weighted by Gasteiger charge is -2.11. The summed E-state index contributed by atoms with van der Waals surface area (Å²) in [6.45, 7) is 4.04. The van der Waals surface area contributed by atoms with Crippen molar-refractivity contribution in [1.29, 1.82) is 0 Å². The van der Waals surface area contributed by atoms with Crippen molar-refractivity contribution in [1.82, 2.24) is 0 Å². The molecule has 2 aromatic rings. The summed E-state index contributed by atoms with van der Waals surface area (Å²) in [5.41, 5.74) is 3.69. The van der Waals surface area contributed by atoms with Crippen molar-refractivity contribution in [2.45, 2.75) is 32.6 Å². The van der Waals surface area contributed by atoms with Crippen LogP contribution in [-0.2, 0) is 4.79 Å². The fraction of sp³-hybridized carbons (Fsp3) is 0.278. The molecule has 2 aromatic carbocycles. The smallest absolute Gasteiger partial charge is 0.133 e. The van der Waals surface area contributed by atoms with Gasteiger partial charge in [-0.2, -0.15) is 0 Å². The monoisotopic (exact) mass is 252 g/mol. The molecule has 19 heavy (non-hydrogen) atoms. The molecule has 1 nitrogen and oxygen atoms in total. The Morgan fingerprint density at radius 3 is 2.11 bits per heavy atom. The average molecular weight is 252 g/mol. The fourth-order valence-corrected chi connectivity index (χ4v) is 2.24. The van der Waals surface area contributed by atoms with E-state index in [-0.39, 0.29) is 0 Å². The van der Waals surface area contributed by atoms with E-state index in [2.05, 4.69) is 43.3 Å². The van der Waals surface area contributed by atoms with Crippen LogP contribution in [0.1, 0.15) is 38.2 Å². The van der Waals surface area contributed by atoms with E-state index in [1.807, 2.05) is 25.1 Å². The first-order valence-electron chi connectivity index (χ1n) is 6.87. The topological polar surface area (TPSA) is 17.1 Å². The predicted octanol–water partition coefficient (Wildman–Crippen LogP) is 4.83. The summed E-state index contributed by atoms with van der Waals surface area (Å²) in [6.07, 6.45) is 1.27. The molecular weight excluding hydrogens is 232 g/mol. The summed E-state index contributed by atoms with van der Waals surface area (Å²) in [6, 6.07) is 18.9. The fourth-order valence-electron chi connectivity index (χ4n) is 2.24. The van der Waals surface area contributed by atoms with E-state index in [9.17, 15) is 4.79 Å². The largest absolute Gasteiger partial charge is 0.300 e. The van der Waals surface area contributed by atoms with Crippen LogP contribution < -0.4 is 0 Å². The molecule has 1 heteroatoms. The summed E-state index contributed by atoms with van der Waals surface area (Å²) >= 11 is 0. The van der Waals surface area contributed by atoms with Crippen LogP contribution in [0.4, 0.5) is 0 Å². The minimum atomic E-state index is 0.303. The van der Waals surface area contributed by atoms with Crippen LogP contribution in [0.15, 0.2) is 54.6 Å². The first kappa shape index (κ1) is 13.5. The van der Waals surface area contributed by atoms with Gasteiger partial charge in [0.05, 0.1) is 0 Å². The Morgan fingerprint density at radius 2 is 1.53 bits per heavy atom. The molecule has 0 saturated carbocycles. The molecule has 0 heterocycles. The van der Waals surface area contributed by atoms with Gasteiger partial charge >= 0.3 is 0 Å². The Hall–Kier alpha value is -1.89. The van der Waals surface area contributed by atoms with Gasteiger partial charge in [0, 0.05) is 12.8 Å². The molecule has 0 radical (unpaired) electrons. The average Bonchev–Trinajstić information content (AvgIpc) is 2.48. The third-order valence-corrected chi connectivity index (χ3v) is 3.52. The summed E-state index contributed by atoms with van der Waals surface area (Å²) in [4.78, 5) is 11.5. The maximum Gasteiger partial charge on any atom is 0.133 e. The zero-order chi connectivity index (χ0) is 13.7. The van der Waals surface area contributed by atoms with Gasteiger partial charge in [0.1, 0.15) is 5.78 Å². The van der Waals surface area contributed by atoms with Crippen LogP contribution in [0.3, 0.4) is 0 Å². The summed E-state index contributed by atoms with van der Waals surface area (Å²) in [5, 5.41) is 0. The van der Waals surface area contributed by atoms with E-state index in [0.29, 0.717) is 24.5 Å². The second kappa shape index (κ2) is 6.33. The molecule has 0 unspecified atom stereocenters. The van der Waals surface area contributed by atoms with E-state index in [4.69, 9.17) is 0 Å². The summed E-state index contributed by atoms with van der Waals surface area (Å²) in [5.74, 6) is 0.636. The van der Waals surface area contributed by atoms with Gasteiger partial charge in [-0.15, -0.1) is 0 Å². The molecular formula is C18H20O. The molecule has 0 amide bonds. The van der Waals surface area contributed by atoms with Gasteiger partial charge < -0.3 is 0 Å². The lowest BCUT2D eigenvalue weighted by molar-refractivity contribution is -0.119. The molecule has 98 valence electrons. The lowest BCUT2D eigenvalue weighted by atomic mass is 9.93. The number of benzene rings is 2. The van der Waals surface area contributed by atoms with Gasteiger partial charge in [0.25, 0.3) is 0 Å². The van der Waals surface area contributed by atoms with E-state index < -0.39 is 0 Å². The number of hydrogen-bond donors (Lipinski definition) is 0. The zero-order valence-corrected chi connectivity index (χ0v) is 11.6. The highest BCUT2D eigenvalue weighted by atomic mass is 16.1. The minimum Gasteiger partial charge on any atom is -0.300 e. The second-order valence-electron chi connectivity index (χ2n) is 4.99. The van der Waals surface area contributed by atoms with Crippen molar-refractivity contribution in [3.63, 3.8) is 0 Å². The van der Waals surface area contributed by atoms with Crippen LogP contribution >= 0.6 is 0 Å². The van der Waals surface area contributed by atoms with Crippen molar-refractivity contribution in [2.75, 3.05) is 0 Å². The Kier molecular flexibility index (Phi) is 4.51.